The molecule has 0 rings (SSSR count). The van der Waals surface area contributed by atoms with Crippen molar-refractivity contribution in [3.8, 4) is 0 Å². The highest BCUT2D eigenvalue weighted by molar-refractivity contribution is 8.02. The van der Waals surface area contributed by atoms with Crippen LogP contribution in [0.25, 0.3) is 0 Å². The van der Waals surface area contributed by atoms with Crippen molar-refractivity contribution >= 4 is 11.8 Å². The number of hydrogen-bond acceptors (Lipinski definition) is 1. The largest absolute Gasteiger partial charge is 0.152 e. The fourth-order valence-corrected chi connectivity index (χ4v) is 1.06. The fourth-order valence-electron chi connectivity index (χ4n) is 0.354. The minimum atomic E-state index is 0.411. The van der Waals surface area contributed by atoms with E-state index in [0.29, 0.717) is 4.75 Å². The van der Waals surface area contributed by atoms with Crippen molar-refractivity contribution in [3.63, 3.8) is 0 Å². The first-order valence-electron chi connectivity index (χ1n) is 2.52. The molecule has 0 saturated heterocycles. The molecule has 1 heteroatoms. The maximum atomic E-state index is 2.21. The summed E-state index contributed by atoms with van der Waals surface area (Å²) in [4.78, 5) is 0. The van der Waals surface area contributed by atoms with E-state index in [4.69, 9.17) is 0 Å². The Hall–Kier alpha value is 0.350. The molecule has 0 fully saturated rings. The predicted molar refractivity (Wildman–Crippen MR) is 37.3 cm³/mol. The van der Waals surface area contributed by atoms with Crippen molar-refractivity contribution < 1.29 is 0 Å². The van der Waals surface area contributed by atoms with E-state index < -0.39 is 0 Å². The molecule has 0 bridgehead atoms. The third kappa shape index (κ3) is 6.35. The molecule has 0 amide bonds. The summed E-state index contributed by atoms with van der Waals surface area (Å²) in [6.07, 6.45) is 0. The van der Waals surface area contributed by atoms with Gasteiger partial charge < -0.3 is 0 Å². The van der Waals surface area contributed by atoms with Crippen molar-refractivity contribution in [3.05, 3.63) is 5.75 Å². The second kappa shape index (κ2) is 2.61. The average Bonchev–Trinajstić information content (AvgIpc) is 1.30. The number of hydrogen-bond donors (Lipinski definition) is 0. The van der Waals surface area contributed by atoms with Gasteiger partial charge in [0.15, 0.2) is 0 Å². The molecule has 0 aromatic rings. The predicted octanol–water partition coefficient (Wildman–Crippen LogP) is 2.70. The molecule has 0 aliphatic carbocycles. The van der Waals surface area contributed by atoms with Crippen molar-refractivity contribution in [2.45, 2.75) is 32.4 Å². The van der Waals surface area contributed by atoms with Crippen LogP contribution in [0.4, 0.5) is 0 Å². The van der Waals surface area contributed by atoms with Gasteiger partial charge in [0.2, 0.25) is 0 Å². The normalized spacial score (nSPS) is 12.0. The maximum Gasteiger partial charge on any atom is 0.0141 e. The average molecular weight is 117 g/mol. The molecule has 0 aromatic carbocycles. The second-order valence-corrected chi connectivity index (χ2v) is 4.40. The molecule has 1 radical (unpaired) electrons. The van der Waals surface area contributed by atoms with E-state index >= 15 is 0 Å². The second-order valence-electron chi connectivity index (χ2n) is 2.47. The Morgan fingerprint density at radius 3 is 1.71 bits per heavy atom. The van der Waals surface area contributed by atoms with Gasteiger partial charge >= 0.3 is 0 Å². The van der Waals surface area contributed by atoms with Crippen LogP contribution >= 0.6 is 11.8 Å². The van der Waals surface area contributed by atoms with Crippen LogP contribution in [0.5, 0.6) is 0 Å². The lowest BCUT2D eigenvalue weighted by atomic mass is 10.3. The third-order valence-electron chi connectivity index (χ3n) is 0.471. The van der Waals surface area contributed by atoms with Gasteiger partial charge in [-0.3, -0.25) is 0 Å². The van der Waals surface area contributed by atoms with Gasteiger partial charge in [0, 0.05) is 10.5 Å². The molecule has 0 aromatic heterocycles. The highest BCUT2D eigenvalue weighted by atomic mass is 32.2. The zero-order chi connectivity index (χ0) is 5.91. The topological polar surface area (TPSA) is 0 Å². The van der Waals surface area contributed by atoms with E-state index in [-0.39, 0.29) is 0 Å². The van der Waals surface area contributed by atoms with Crippen molar-refractivity contribution in [1.82, 2.24) is 0 Å². The minimum absolute atomic E-state index is 0.411. The van der Waals surface area contributed by atoms with E-state index in [1.807, 2.05) is 11.8 Å². The lowest BCUT2D eigenvalue weighted by molar-refractivity contribution is 0.806. The first-order valence-corrected chi connectivity index (χ1v) is 3.40. The number of rotatable bonds is 1. The van der Waals surface area contributed by atoms with Gasteiger partial charge in [0.1, 0.15) is 0 Å². The lowest BCUT2D eigenvalue weighted by Gasteiger charge is -2.14. The fraction of sp³-hybridized carbons (Fsp3) is 0.833. The summed E-state index contributed by atoms with van der Waals surface area (Å²) in [5, 5.41) is 0. The highest BCUT2D eigenvalue weighted by Crippen LogP contribution is 2.24. The molecule has 0 spiro atoms. The Balaban J connectivity index is 3.15. The molecule has 0 nitrogen and oxygen atoms in total. The van der Waals surface area contributed by atoms with E-state index in [2.05, 4.69) is 33.4 Å². The molecule has 43 valence electrons. The van der Waals surface area contributed by atoms with Crippen LogP contribution in [0.15, 0.2) is 0 Å². The highest BCUT2D eigenvalue weighted by Gasteiger charge is 2.06. The van der Waals surface area contributed by atoms with Gasteiger partial charge in [-0.25, -0.2) is 0 Å². The van der Waals surface area contributed by atoms with Gasteiger partial charge in [-0.05, 0) is 0 Å². The Kier molecular flexibility index (Phi) is 2.74. The lowest BCUT2D eigenvalue weighted by Crippen LogP contribution is -2.05. The quantitative estimate of drug-likeness (QED) is 0.509. The molecule has 0 aliphatic rings. The summed E-state index contributed by atoms with van der Waals surface area (Å²) in [6, 6.07) is 0. The zero-order valence-corrected chi connectivity index (χ0v) is 6.30. The summed E-state index contributed by atoms with van der Waals surface area (Å²) in [6.45, 7) is 8.68. The SMILES string of the molecule is C[CH]SC(C)(C)C. The molecule has 7 heavy (non-hydrogen) atoms. The molecular formula is C6H13S. The van der Waals surface area contributed by atoms with Crippen LogP contribution in [-0.4, -0.2) is 4.75 Å². The van der Waals surface area contributed by atoms with Crippen LogP contribution in [0.3, 0.4) is 0 Å². The first kappa shape index (κ1) is 7.35. The molecular weight excluding hydrogens is 104 g/mol. The van der Waals surface area contributed by atoms with E-state index in [1.165, 1.54) is 0 Å². The molecule has 0 aliphatic heterocycles. The Morgan fingerprint density at radius 2 is 1.71 bits per heavy atom. The van der Waals surface area contributed by atoms with Crippen molar-refractivity contribution in [1.29, 1.82) is 0 Å². The molecule has 0 saturated carbocycles. The summed E-state index contributed by atoms with van der Waals surface area (Å²) >= 11 is 1.86. The molecule has 0 heterocycles. The number of thioether (sulfide) groups is 1. The standard InChI is InChI=1S/C6H13S/c1-5-7-6(2,3)4/h5H,1-4H3. The Bertz CT molecular complexity index is 42.6. The Labute approximate surface area is 50.7 Å². The smallest absolute Gasteiger partial charge is 0.0141 e. The van der Waals surface area contributed by atoms with E-state index in [1.54, 1.807) is 0 Å². The van der Waals surface area contributed by atoms with E-state index in [9.17, 15) is 0 Å². The van der Waals surface area contributed by atoms with Gasteiger partial charge in [-0.1, -0.05) is 27.7 Å². The summed E-state index contributed by atoms with van der Waals surface area (Å²) < 4.78 is 0.411. The van der Waals surface area contributed by atoms with Crippen LogP contribution in [0.2, 0.25) is 0 Å². The van der Waals surface area contributed by atoms with Gasteiger partial charge in [0.25, 0.3) is 0 Å². The van der Waals surface area contributed by atoms with Crippen LogP contribution in [0, 0.1) is 5.75 Å². The molecule has 0 unspecified atom stereocenters. The monoisotopic (exact) mass is 117 g/mol. The van der Waals surface area contributed by atoms with Gasteiger partial charge in [0.05, 0.1) is 0 Å². The molecule has 0 atom stereocenters. The summed E-state index contributed by atoms with van der Waals surface area (Å²) in [7, 11) is 0. The summed E-state index contributed by atoms with van der Waals surface area (Å²) in [5.74, 6) is 2.12. The van der Waals surface area contributed by atoms with Crippen LogP contribution in [-0.2, 0) is 0 Å². The maximum absolute atomic E-state index is 2.21. The van der Waals surface area contributed by atoms with Crippen molar-refractivity contribution in [2.24, 2.45) is 0 Å². The van der Waals surface area contributed by atoms with Crippen molar-refractivity contribution in [2.75, 3.05) is 0 Å². The van der Waals surface area contributed by atoms with Gasteiger partial charge in [-0.2, -0.15) is 11.8 Å². The van der Waals surface area contributed by atoms with Crippen LogP contribution < -0.4 is 0 Å². The first-order chi connectivity index (χ1) is 3.06. The Morgan fingerprint density at radius 1 is 1.29 bits per heavy atom. The van der Waals surface area contributed by atoms with Gasteiger partial charge in [-0.15, -0.1) is 0 Å². The third-order valence-corrected chi connectivity index (χ3v) is 1.41. The zero-order valence-electron chi connectivity index (χ0n) is 5.49. The minimum Gasteiger partial charge on any atom is -0.152 e. The molecule has 0 N–H and O–H groups in total. The summed E-state index contributed by atoms with van der Waals surface area (Å²) in [5.41, 5.74) is 0. The van der Waals surface area contributed by atoms with E-state index in [0.717, 1.165) is 0 Å². The van der Waals surface area contributed by atoms with Crippen LogP contribution in [0.1, 0.15) is 27.7 Å².